The van der Waals surface area contributed by atoms with Crippen molar-refractivity contribution in [2.75, 3.05) is 6.61 Å². The van der Waals surface area contributed by atoms with Crippen LogP contribution in [0.5, 0.6) is 0 Å². The van der Waals surface area contributed by atoms with Gasteiger partial charge in [0, 0.05) is 11.1 Å². The molecular weight excluding hydrogens is 242 g/mol. The quantitative estimate of drug-likeness (QED) is 0.730. The van der Waals surface area contributed by atoms with Crippen molar-refractivity contribution in [2.45, 2.75) is 0 Å². The molecule has 0 unspecified atom stereocenters. The van der Waals surface area contributed by atoms with Crippen LogP contribution in [-0.2, 0) is 9.63 Å². The first-order chi connectivity index (χ1) is 9.27. The number of benzene rings is 2. The van der Waals surface area contributed by atoms with E-state index in [0.717, 1.165) is 22.3 Å². The highest BCUT2D eigenvalue weighted by Crippen LogP contribution is 2.36. The van der Waals surface area contributed by atoms with Crippen molar-refractivity contribution < 1.29 is 14.7 Å². The van der Waals surface area contributed by atoms with Crippen molar-refractivity contribution in [2.24, 2.45) is 5.16 Å². The minimum absolute atomic E-state index is 0.437. The van der Waals surface area contributed by atoms with E-state index in [-0.39, 0.29) is 0 Å². The first-order valence-corrected chi connectivity index (χ1v) is 5.88. The number of rotatable bonds is 3. The number of carboxylic acids is 1. The number of hydrogen-bond donors (Lipinski definition) is 1. The predicted octanol–water partition coefficient (Wildman–Crippen LogP) is 2.52. The van der Waals surface area contributed by atoms with Crippen LogP contribution in [0.15, 0.2) is 53.7 Å². The molecule has 0 atom stereocenters. The first-order valence-electron chi connectivity index (χ1n) is 5.88. The zero-order chi connectivity index (χ0) is 13.2. The second kappa shape index (κ2) is 4.57. The highest BCUT2D eigenvalue weighted by atomic mass is 16.6. The van der Waals surface area contributed by atoms with Gasteiger partial charge in [-0.05, 0) is 11.1 Å². The maximum Gasteiger partial charge on any atom is 0.344 e. The van der Waals surface area contributed by atoms with Crippen molar-refractivity contribution in [3.05, 3.63) is 59.7 Å². The van der Waals surface area contributed by atoms with Crippen LogP contribution in [0, 0.1) is 0 Å². The molecule has 4 nitrogen and oxygen atoms in total. The van der Waals surface area contributed by atoms with Gasteiger partial charge in [0.05, 0.1) is 0 Å². The molecule has 0 amide bonds. The Balaban J connectivity index is 2.07. The SMILES string of the molecule is O=C(O)CON=C1c2ccccc2-c2ccccc21. The van der Waals surface area contributed by atoms with Crippen LogP contribution in [0.2, 0.25) is 0 Å². The van der Waals surface area contributed by atoms with Gasteiger partial charge < -0.3 is 9.94 Å². The van der Waals surface area contributed by atoms with E-state index in [9.17, 15) is 4.79 Å². The first kappa shape index (κ1) is 11.5. The van der Waals surface area contributed by atoms with Crippen molar-refractivity contribution in [3.63, 3.8) is 0 Å². The van der Waals surface area contributed by atoms with Gasteiger partial charge in [-0.15, -0.1) is 0 Å². The van der Waals surface area contributed by atoms with Crippen LogP contribution in [0.3, 0.4) is 0 Å². The van der Waals surface area contributed by atoms with Gasteiger partial charge in [0.15, 0.2) is 0 Å². The molecule has 4 heteroatoms. The number of oxime groups is 1. The predicted molar refractivity (Wildman–Crippen MR) is 71.1 cm³/mol. The van der Waals surface area contributed by atoms with Gasteiger partial charge >= 0.3 is 5.97 Å². The normalized spacial score (nSPS) is 11.7. The fraction of sp³-hybridized carbons (Fsp3) is 0.0667. The van der Waals surface area contributed by atoms with E-state index < -0.39 is 12.6 Å². The average Bonchev–Trinajstić information content (AvgIpc) is 2.74. The monoisotopic (exact) mass is 253 g/mol. The van der Waals surface area contributed by atoms with Crippen molar-refractivity contribution >= 4 is 11.7 Å². The summed E-state index contributed by atoms with van der Waals surface area (Å²) in [5.74, 6) is -1.04. The van der Waals surface area contributed by atoms with Crippen LogP contribution in [0.4, 0.5) is 0 Å². The van der Waals surface area contributed by atoms with Crippen LogP contribution >= 0.6 is 0 Å². The summed E-state index contributed by atoms with van der Waals surface area (Å²) < 4.78 is 0. The summed E-state index contributed by atoms with van der Waals surface area (Å²) in [6.07, 6.45) is 0. The molecule has 0 bridgehead atoms. The molecule has 1 N–H and O–H groups in total. The number of fused-ring (bicyclic) bond motifs is 3. The lowest BCUT2D eigenvalue weighted by Crippen LogP contribution is -2.06. The lowest BCUT2D eigenvalue weighted by Gasteiger charge is -2.00. The van der Waals surface area contributed by atoms with E-state index in [2.05, 4.69) is 5.16 Å². The number of carbonyl (C=O) groups is 1. The van der Waals surface area contributed by atoms with Crippen LogP contribution in [0.1, 0.15) is 11.1 Å². The molecule has 0 heterocycles. The number of carboxylic acid groups (broad SMARTS) is 1. The summed E-state index contributed by atoms with van der Waals surface area (Å²) in [5, 5.41) is 12.6. The van der Waals surface area contributed by atoms with Gasteiger partial charge in [-0.3, -0.25) is 0 Å². The maximum atomic E-state index is 10.5. The highest BCUT2D eigenvalue weighted by Gasteiger charge is 2.24. The topological polar surface area (TPSA) is 58.9 Å². The Kier molecular flexibility index (Phi) is 2.76. The van der Waals surface area contributed by atoms with Gasteiger partial charge in [0.25, 0.3) is 0 Å². The molecule has 0 fully saturated rings. The zero-order valence-corrected chi connectivity index (χ0v) is 10.0. The summed E-state index contributed by atoms with van der Waals surface area (Å²) in [4.78, 5) is 15.4. The molecule has 3 rings (SSSR count). The fourth-order valence-electron chi connectivity index (χ4n) is 2.24. The number of aliphatic carboxylic acids is 1. The Morgan fingerprint density at radius 3 is 1.89 bits per heavy atom. The van der Waals surface area contributed by atoms with Crippen LogP contribution in [0.25, 0.3) is 11.1 Å². The van der Waals surface area contributed by atoms with Crippen molar-refractivity contribution in [3.8, 4) is 11.1 Å². The Hall–Kier alpha value is -2.62. The Bertz CT molecular complexity index is 629. The fourth-order valence-corrected chi connectivity index (χ4v) is 2.24. The standard InChI is InChI=1S/C15H11NO3/c17-14(18)9-19-16-15-12-7-3-1-5-10(12)11-6-2-4-8-13(11)15/h1-8H,9H2,(H,17,18). The Morgan fingerprint density at radius 1 is 0.947 bits per heavy atom. The third-order valence-electron chi connectivity index (χ3n) is 3.00. The molecule has 1 aliphatic carbocycles. The van der Waals surface area contributed by atoms with E-state index in [1.807, 2.05) is 48.5 Å². The van der Waals surface area contributed by atoms with Crippen molar-refractivity contribution in [1.29, 1.82) is 0 Å². The molecule has 2 aromatic rings. The Morgan fingerprint density at radius 2 is 1.42 bits per heavy atom. The van der Waals surface area contributed by atoms with Gasteiger partial charge in [0.1, 0.15) is 5.71 Å². The molecule has 0 saturated carbocycles. The molecule has 2 aromatic carbocycles. The van der Waals surface area contributed by atoms with E-state index in [1.54, 1.807) is 0 Å². The van der Waals surface area contributed by atoms with E-state index >= 15 is 0 Å². The molecule has 0 spiro atoms. The second-order valence-corrected chi connectivity index (χ2v) is 4.20. The number of hydrogen-bond acceptors (Lipinski definition) is 3. The summed E-state index contributed by atoms with van der Waals surface area (Å²) in [6.45, 7) is -0.437. The molecule has 0 radical (unpaired) electrons. The zero-order valence-electron chi connectivity index (χ0n) is 10.0. The summed E-state index contributed by atoms with van der Waals surface area (Å²) in [7, 11) is 0. The smallest absolute Gasteiger partial charge is 0.344 e. The molecule has 19 heavy (non-hydrogen) atoms. The molecule has 1 aliphatic rings. The average molecular weight is 253 g/mol. The molecular formula is C15H11NO3. The van der Waals surface area contributed by atoms with E-state index in [0.29, 0.717) is 5.71 Å². The lowest BCUT2D eigenvalue weighted by molar-refractivity contribution is -0.142. The summed E-state index contributed by atoms with van der Waals surface area (Å²) >= 11 is 0. The largest absolute Gasteiger partial charge is 0.479 e. The molecule has 0 saturated heterocycles. The maximum absolute atomic E-state index is 10.5. The van der Waals surface area contributed by atoms with Crippen LogP contribution < -0.4 is 0 Å². The number of nitrogens with zero attached hydrogens (tertiary/aromatic N) is 1. The summed E-state index contributed by atoms with van der Waals surface area (Å²) in [6, 6.07) is 15.8. The minimum Gasteiger partial charge on any atom is -0.479 e. The van der Waals surface area contributed by atoms with Gasteiger partial charge in [0.2, 0.25) is 6.61 Å². The lowest BCUT2D eigenvalue weighted by atomic mass is 10.1. The molecule has 0 aliphatic heterocycles. The summed E-state index contributed by atoms with van der Waals surface area (Å²) in [5.41, 5.74) is 4.81. The third kappa shape index (κ3) is 1.97. The van der Waals surface area contributed by atoms with Crippen LogP contribution in [-0.4, -0.2) is 23.4 Å². The van der Waals surface area contributed by atoms with Gasteiger partial charge in [-0.2, -0.15) is 0 Å². The van der Waals surface area contributed by atoms with Gasteiger partial charge in [-0.25, -0.2) is 4.79 Å². The second-order valence-electron chi connectivity index (χ2n) is 4.20. The van der Waals surface area contributed by atoms with E-state index in [4.69, 9.17) is 9.94 Å². The Labute approximate surface area is 109 Å². The minimum atomic E-state index is -1.04. The molecule has 94 valence electrons. The third-order valence-corrected chi connectivity index (χ3v) is 3.00. The molecule has 0 aromatic heterocycles. The van der Waals surface area contributed by atoms with E-state index in [1.165, 1.54) is 0 Å². The van der Waals surface area contributed by atoms with Gasteiger partial charge in [-0.1, -0.05) is 53.7 Å². The highest BCUT2D eigenvalue weighted by molar-refractivity contribution is 6.24. The van der Waals surface area contributed by atoms with Crippen molar-refractivity contribution in [1.82, 2.24) is 0 Å².